The number of nitriles is 1. The first-order valence-corrected chi connectivity index (χ1v) is 5.85. The zero-order chi connectivity index (χ0) is 10.8. The van der Waals surface area contributed by atoms with Gasteiger partial charge < -0.3 is 0 Å². The molecular weight excluding hydrogens is 222 g/mol. The Bertz CT molecular complexity index is 488. The van der Waals surface area contributed by atoms with Gasteiger partial charge in [-0.1, -0.05) is 6.07 Å². The summed E-state index contributed by atoms with van der Waals surface area (Å²) in [6, 6.07) is 4.38. The van der Waals surface area contributed by atoms with Crippen molar-refractivity contribution in [2.75, 3.05) is 0 Å². The van der Waals surface area contributed by atoms with Crippen molar-refractivity contribution in [2.24, 2.45) is 0 Å². The molecule has 0 aliphatic rings. The number of benzene rings is 1. The lowest BCUT2D eigenvalue weighted by Crippen LogP contribution is -2.00. The van der Waals surface area contributed by atoms with Gasteiger partial charge in [-0.15, -0.1) is 0 Å². The van der Waals surface area contributed by atoms with Gasteiger partial charge in [-0.2, -0.15) is 13.7 Å². The van der Waals surface area contributed by atoms with Gasteiger partial charge in [0.15, 0.2) is 0 Å². The summed E-state index contributed by atoms with van der Waals surface area (Å²) in [7, 11) is -4.24. The molecule has 0 fully saturated rings. The van der Waals surface area contributed by atoms with E-state index in [1.807, 2.05) is 0 Å². The van der Waals surface area contributed by atoms with Gasteiger partial charge in [-0.3, -0.25) is 4.55 Å². The lowest BCUT2D eigenvalue weighted by molar-refractivity contribution is 0.481. The number of nitrogens with zero attached hydrogens (tertiary/aromatic N) is 1. The summed E-state index contributed by atoms with van der Waals surface area (Å²) in [5, 5.41) is 10.2. The third-order valence-electron chi connectivity index (χ3n) is 1.53. The molecule has 0 aliphatic carbocycles. The predicted octanol–water partition coefficient (Wildman–Crippen LogP) is 1.81. The van der Waals surface area contributed by atoms with Crippen LogP contribution in [-0.4, -0.2) is 13.0 Å². The Labute approximate surface area is 86.3 Å². The Morgan fingerprint density at radius 3 is 2.64 bits per heavy atom. The summed E-state index contributed by atoms with van der Waals surface area (Å²) in [5.74, 6) is 0. The van der Waals surface area contributed by atoms with Crippen LogP contribution < -0.4 is 0 Å². The molecule has 0 radical (unpaired) electrons. The zero-order valence-electron chi connectivity index (χ0n) is 7.26. The highest BCUT2D eigenvalue weighted by Gasteiger charge is 2.15. The van der Waals surface area contributed by atoms with Gasteiger partial charge in [0, 0.05) is 4.90 Å². The molecule has 4 nitrogen and oxygen atoms in total. The Morgan fingerprint density at radius 1 is 1.50 bits per heavy atom. The highest BCUT2D eigenvalue weighted by Crippen LogP contribution is 2.26. The summed E-state index contributed by atoms with van der Waals surface area (Å²) in [6.45, 7) is 1.77. The number of hydrogen-bond donors (Lipinski definition) is 1. The molecule has 14 heavy (non-hydrogen) atoms. The number of thiocyanates is 1. The molecular formula is C8H7NO3S2. The molecule has 0 heterocycles. The van der Waals surface area contributed by atoms with Gasteiger partial charge in [0.05, 0.1) is 0 Å². The summed E-state index contributed by atoms with van der Waals surface area (Å²) < 4.78 is 30.6. The summed E-state index contributed by atoms with van der Waals surface area (Å²) in [6.07, 6.45) is 0. The number of hydrogen-bond acceptors (Lipinski definition) is 4. The van der Waals surface area contributed by atoms with E-state index in [2.05, 4.69) is 0 Å². The van der Waals surface area contributed by atoms with Crippen molar-refractivity contribution in [3.8, 4) is 5.40 Å². The minimum atomic E-state index is -4.24. The SMILES string of the molecule is Cc1ccc(S(=O)(=O)O)c(SC#N)c1. The van der Waals surface area contributed by atoms with Crippen molar-refractivity contribution >= 4 is 21.9 Å². The van der Waals surface area contributed by atoms with Gasteiger partial charge in [-0.05, 0) is 36.4 Å². The summed E-state index contributed by atoms with van der Waals surface area (Å²) >= 11 is 0.709. The quantitative estimate of drug-likeness (QED) is 0.475. The first-order valence-electron chi connectivity index (χ1n) is 3.59. The number of thioether (sulfide) groups is 1. The van der Waals surface area contributed by atoms with Gasteiger partial charge in [0.2, 0.25) is 0 Å². The van der Waals surface area contributed by atoms with E-state index in [1.54, 1.807) is 18.4 Å². The Balaban J connectivity index is 3.38. The monoisotopic (exact) mass is 229 g/mol. The van der Waals surface area contributed by atoms with Crippen LogP contribution >= 0.6 is 11.8 Å². The van der Waals surface area contributed by atoms with Crippen molar-refractivity contribution in [1.82, 2.24) is 0 Å². The molecule has 1 aromatic carbocycles. The van der Waals surface area contributed by atoms with Gasteiger partial charge in [-0.25, -0.2) is 0 Å². The molecule has 0 spiro atoms. The van der Waals surface area contributed by atoms with Crippen LogP contribution in [0.4, 0.5) is 0 Å². The maximum atomic E-state index is 10.9. The van der Waals surface area contributed by atoms with Crippen LogP contribution in [0.5, 0.6) is 0 Å². The molecule has 0 bridgehead atoms. The first-order chi connectivity index (χ1) is 6.45. The summed E-state index contributed by atoms with van der Waals surface area (Å²) in [5.41, 5.74) is 0.829. The average molecular weight is 229 g/mol. The Hall–Kier alpha value is -1.03. The van der Waals surface area contributed by atoms with Crippen LogP contribution in [0.3, 0.4) is 0 Å². The van der Waals surface area contributed by atoms with Gasteiger partial charge in [0.1, 0.15) is 10.3 Å². The van der Waals surface area contributed by atoms with Crippen LogP contribution in [0.15, 0.2) is 28.0 Å². The second kappa shape index (κ2) is 4.00. The van der Waals surface area contributed by atoms with E-state index in [0.29, 0.717) is 11.8 Å². The minimum Gasteiger partial charge on any atom is -0.282 e. The molecule has 0 amide bonds. The van der Waals surface area contributed by atoms with Gasteiger partial charge >= 0.3 is 0 Å². The molecule has 74 valence electrons. The topological polar surface area (TPSA) is 78.2 Å². The largest absolute Gasteiger partial charge is 0.295 e. The zero-order valence-corrected chi connectivity index (χ0v) is 8.89. The number of aryl methyl sites for hydroxylation is 1. The van der Waals surface area contributed by atoms with Crippen molar-refractivity contribution in [3.63, 3.8) is 0 Å². The van der Waals surface area contributed by atoms with E-state index in [4.69, 9.17) is 9.81 Å². The van der Waals surface area contributed by atoms with Crippen LogP contribution in [0, 0.1) is 17.6 Å². The normalized spacial score (nSPS) is 10.9. The third kappa shape index (κ3) is 2.48. The third-order valence-corrected chi connectivity index (χ3v) is 3.22. The lowest BCUT2D eigenvalue weighted by Gasteiger charge is -2.03. The van der Waals surface area contributed by atoms with E-state index in [9.17, 15) is 8.42 Å². The Morgan fingerprint density at radius 2 is 2.14 bits per heavy atom. The highest BCUT2D eigenvalue weighted by atomic mass is 32.2. The van der Waals surface area contributed by atoms with Crippen molar-refractivity contribution in [2.45, 2.75) is 16.7 Å². The van der Waals surface area contributed by atoms with Crippen LogP contribution in [0.2, 0.25) is 0 Å². The average Bonchev–Trinajstić information content (AvgIpc) is 2.02. The van der Waals surface area contributed by atoms with E-state index in [1.165, 1.54) is 12.1 Å². The van der Waals surface area contributed by atoms with Gasteiger partial charge in [0.25, 0.3) is 10.1 Å². The molecule has 0 aliphatic heterocycles. The fourth-order valence-corrected chi connectivity index (χ4v) is 2.46. The molecule has 0 aromatic heterocycles. The predicted molar refractivity (Wildman–Crippen MR) is 52.5 cm³/mol. The van der Waals surface area contributed by atoms with Crippen molar-refractivity contribution in [1.29, 1.82) is 5.26 Å². The Kier molecular flexibility index (Phi) is 3.16. The summed E-state index contributed by atoms with van der Waals surface area (Å²) in [4.78, 5) is 0.0182. The highest BCUT2D eigenvalue weighted by molar-refractivity contribution is 8.04. The molecule has 0 atom stereocenters. The fraction of sp³-hybridized carbons (Fsp3) is 0.125. The molecule has 0 saturated carbocycles. The molecule has 1 rings (SSSR count). The molecule has 1 aromatic rings. The smallest absolute Gasteiger partial charge is 0.282 e. The number of rotatable bonds is 2. The maximum absolute atomic E-state index is 10.9. The van der Waals surface area contributed by atoms with Crippen LogP contribution in [-0.2, 0) is 10.1 Å². The van der Waals surface area contributed by atoms with Crippen molar-refractivity contribution in [3.05, 3.63) is 23.8 Å². The second-order valence-corrected chi connectivity index (χ2v) is 4.84. The van der Waals surface area contributed by atoms with E-state index < -0.39 is 10.1 Å². The minimum absolute atomic E-state index is 0.227. The van der Waals surface area contributed by atoms with Crippen LogP contribution in [0.1, 0.15) is 5.56 Å². The van der Waals surface area contributed by atoms with E-state index in [0.717, 1.165) is 5.56 Å². The first kappa shape index (κ1) is 11.0. The van der Waals surface area contributed by atoms with E-state index >= 15 is 0 Å². The van der Waals surface area contributed by atoms with Crippen molar-refractivity contribution < 1.29 is 13.0 Å². The second-order valence-electron chi connectivity index (χ2n) is 2.62. The molecule has 1 N–H and O–H groups in total. The molecule has 0 saturated heterocycles. The standard InChI is InChI=1S/C8H7NO3S2/c1-6-2-3-8(14(10,11)12)7(4-6)13-5-9/h2-4H,1H3,(H,10,11,12). The maximum Gasteiger partial charge on any atom is 0.295 e. The van der Waals surface area contributed by atoms with E-state index in [-0.39, 0.29) is 9.79 Å². The molecule has 0 unspecified atom stereocenters. The lowest BCUT2D eigenvalue weighted by atomic mass is 10.2. The molecule has 6 heteroatoms. The van der Waals surface area contributed by atoms with Crippen LogP contribution in [0.25, 0.3) is 0 Å². The fourth-order valence-electron chi connectivity index (χ4n) is 0.957.